The van der Waals surface area contributed by atoms with E-state index in [2.05, 4.69) is 21.5 Å². The number of para-hydroxylation sites is 1. The molecule has 3 aromatic rings. The van der Waals surface area contributed by atoms with E-state index in [1.54, 1.807) is 80.6 Å². The first kappa shape index (κ1) is 25.2. The molecule has 180 valence electrons. The highest BCUT2D eigenvalue weighted by molar-refractivity contribution is 6.09. The first-order chi connectivity index (χ1) is 16.8. The van der Waals surface area contributed by atoms with Crippen LogP contribution in [0.15, 0.2) is 78.9 Å². The highest BCUT2D eigenvalue weighted by atomic mass is 16.2. The number of carbonyl (C=O) groups is 4. The topological polar surface area (TPSA) is 116 Å². The number of hydrazine groups is 1. The van der Waals surface area contributed by atoms with Crippen molar-refractivity contribution < 1.29 is 19.2 Å². The lowest BCUT2D eigenvalue weighted by Gasteiger charge is -2.22. The van der Waals surface area contributed by atoms with E-state index in [4.69, 9.17) is 0 Å². The maximum absolute atomic E-state index is 13.1. The second kappa shape index (κ2) is 11.6. The van der Waals surface area contributed by atoms with Gasteiger partial charge in [-0.15, -0.1) is 0 Å². The number of benzene rings is 3. The molecule has 4 amide bonds. The number of hydrogen-bond acceptors (Lipinski definition) is 4. The molecule has 0 aliphatic rings. The smallest absolute Gasteiger partial charge is 0.269 e. The van der Waals surface area contributed by atoms with Crippen molar-refractivity contribution in [3.63, 3.8) is 0 Å². The average Bonchev–Trinajstić information content (AvgIpc) is 2.86. The molecule has 1 atom stereocenters. The Morgan fingerprint density at radius 3 is 1.91 bits per heavy atom. The molecule has 0 aliphatic carbocycles. The van der Waals surface area contributed by atoms with Crippen molar-refractivity contribution in [2.45, 2.75) is 26.8 Å². The highest BCUT2D eigenvalue weighted by Gasteiger charge is 2.26. The van der Waals surface area contributed by atoms with Crippen molar-refractivity contribution in [2.24, 2.45) is 5.92 Å². The summed E-state index contributed by atoms with van der Waals surface area (Å²) in [5, 5.41) is 5.46. The standard InChI is InChI=1S/C27H28N4O4/c1-17(2)23(27(35)31-30-25(33)19-9-5-4-6-10-19)29-26(34)21-11-7-8-12-22(21)28-24(32)20-15-13-18(3)14-16-20/h4-17,23H,1-3H3,(H,28,32)(H,29,34)(H,30,33)(H,31,35). The van der Waals surface area contributed by atoms with Gasteiger partial charge in [0.05, 0.1) is 11.3 Å². The number of nitrogens with one attached hydrogen (secondary N) is 4. The minimum absolute atomic E-state index is 0.208. The maximum Gasteiger partial charge on any atom is 0.269 e. The van der Waals surface area contributed by atoms with Gasteiger partial charge in [0.1, 0.15) is 6.04 Å². The molecule has 0 saturated heterocycles. The Balaban J connectivity index is 1.68. The third-order valence-electron chi connectivity index (χ3n) is 5.30. The van der Waals surface area contributed by atoms with Crippen molar-refractivity contribution in [3.05, 3.63) is 101 Å². The van der Waals surface area contributed by atoms with Crippen LogP contribution < -0.4 is 21.5 Å². The molecule has 8 heteroatoms. The van der Waals surface area contributed by atoms with Gasteiger partial charge in [0.25, 0.3) is 23.6 Å². The van der Waals surface area contributed by atoms with Crippen LogP contribution in [-0.4, -0.2) is 29.7 Å². The quantitative estimate of drug-likeness (QED) is 0.394. The molecule has 0 aromatic heterocycles. The van der Waals surface area contributed by atoms with Crippen molar-refractivity contribution in [3.8, 4) is 0 Å². The molecule has 0 saturated carbocycles. The van der Waals surface area contributed by atoms with E-state index in [1.165, 1.54) is 0 Å². The van der Waals surface area contributed by atoms with Gasteiger partial charge in [-0.2, -0.15) is 0 Å². The summed E-state index contributed by atoms with van der Waals surface area (Å²) < 4.78 is 0. The Hall–Kier alpha value is -4.46. The summed E-state index contributed by atoms with van der Waals surface area (Å²) in [7, 11) is 0. The van der Waals surface area contributed by atoms with Crippen molar-refractivity contribution in [2.75, 3.05) is 5.32 Å². The molecule has 4 N–H and O–H groups in total. The normalized spacial score (nSPS) is 11.3. The molecular weight excluding hydrogens is 444 g/mol. The Morgan fingerprint density at radius 2 is 1.26 bits per heavy atom. The van der Waals surface area contributed by atoms with E-state index in [1.807, 2.05) is 19.1 Å². The molecule has 35 heavy (non-hydrogen) atoms. The molecule has 3 rings (SSSR count). The molecule has 0 bridgehead atoms. The molecule has 3 aromatic carbocycles. The molecule has 0 aliphatic heterocycles. The second-order valence-electron chi connectivity index (χ2n) is 8.37. The minimum Gasteiger partial charge on any atom is -0.340 e. The summed E-state index contributed by atoms with van der Waals surface area (Å²) in [6.07, 6.45) is 0. The van der Waals surface area contributed by atoms with Crippen LogP contribution in [0.4, 0.5) is 5.69 Å². The number of amides is 4. The molecule has 8 nitrogen and oxygen atoms in total. The van der Waals surface area contributed by atoms with E-state index >= 15 is 0 Å². The van der Waals surface area contributed by atoms with Gasteiger partial charge in [-0.05, 0) is 49.2 Å². The SMILES string of the molecule is Cc1ccc(C(=O)Nc2ccccc2C(=O)NC(C(=O)NNC(=O)c2ccccc2)C(C)C)cc1. The van der Waals surface area contributed by atoms with Gasteiger partial charge in [-0.25, -0.2) is 0 Å². The molecule has 0 spiro atoms. The number of hydrogen-bond donors (Lipinski definition) is 4. The van der Waals surface area contributed by atoms with Crippen LogP contribution in [0.2, 0.25) is 0 Å². The number of aryl methyl sites for hydroxylation is 1. The molecular formula is C27H28N4O4. The van der Waals surface area contributed by atoms with Crippen LogP contribution in [0.5, 0.6) is 0 Å². The first-order valence-electron chi connectivity index (χ1n) is 11.2. The lowest BCUT2D eigenvalue weighted by Crippen LogP contribution is -2.54. The second-order valence-corrected chi connectivity index (χ2v) is 8.37. The molecule has 0 radical (unpaired) electrons. The fourth-order valence-electron chi connectivity index (χ4n) is 3.30. The van der Waals surface area contributed by atoms with Crippen molar-refractivity contribution >= 4 is 29.3 Å². The van der Waals surface area contributed by atoms with Gasteiger partial charge in [0, 0.05) is 11.1 Å². The summed E-state index contributed by atoms with van der Waals surface area (Å²) in [5.74, 6) is -2.21. The monoisotopic (exact) mass is 472 g/mol. The summed E-state index contributed by atoms with van der Waals surface area (Å²) in [6, 6.07) is 21.1. The van der Waals surface area contributed by atoms with Gasteiger partial charge in [-0.1, -0.05) is 61.9 Å². The Bertz CT molecular complexity index is 1210. The molecule has 1 unspecified atom stereocenters. The van der Waals surface area contributed by atoms with Crippen molar-refractivity contribution in [1.82, 2.24) is 16.2 Å². The van der Waals surface area contributed by atoms with Gasteiger partial charge < -0.3 is 10.6 Å². The summed E-state index contributed by atoms with van der Waals surface area (Å²) >= 11 is 0. The lowest BCUT2D eigenvalue weighted by atomic mass is 10.0. The largest absolute Gasteiger partial charge is 0.340 e. The van der Waals surface area contributed by atoms with Gasteiger partial charge in [0.2, 0.25) is 0 Å². The van der Waals surface area contributed by atoms with E-state index in [-0.39, 0.29) is 17.4 Å². The highest BCUT2D eigenvalue weighted by Crippen LogP contribution is 2.17. The van der Waals surface area contributed by atoms with Crippen LogP contribution in [0, 0.1) is 12.8 Å². The van der Waals surface area contributed by atoms with Gasteiger partial charge >= 0.3 is 0 Å². The lowest BCUT2D eigenvalue weighted by molar-refractivity contribution is -0.124. The summed E-state index contributed by atoms with van der Waals surface area (Å²) in [5.41, 5.74) is 7.12. The minimum atomic E-state index is -0.931. The number of rotatable bonds is 7. The van der Waals surface area contributed by atoms with Crippen LogP contribution in [-0.2, 0) is 4.79 Å². The Morgan fingerprint density at radius 1 is 0.657 bits per heavy atom. The number of anilines is 1. The van der Waals surface area contributed by atoms with E-state index in [0.717, 1.165) is 5.56 Å². The zero-order valence-electron chi connectivity index (χ0n) is 19.8. The first-order valence-corrected chi connectivity index (χ1v) is 11.2. The molecule has 0 fully saturated rings. The number of carbonyl (C=O) groups excluding carboxylic acids is 4. The average molecular weight is 473 g/mol. The fraction of sp³-hybridized carbons (Fsp3) is 0.185. The summed E-state index contributed by atoms with van der Waals surface area (Å²) in [4.78, 5) is 50.7. The van der Waals surface area contributed by atoms with E-state index < -0.39 is 23.8 Å². The Kier molecular flexibility index (Phi) is 8.34. The predicted octanol–water partition coefficient (Wildman–Crippen LogP) is 3.46. The van der Waals surface area contributed by atoms with Crippen LogP contribution in [0.25, 0.3) is 0 Å². The van der Waals surface area contributed by atoms with Crippen LogP contribution in [0.3, 0.4) is 0 Å². The van der Waals surface area contributed by atoms with E-state index in [9.17, 15) is 19.2 Å². The Labute approximate surface area is 204 Å². The maximum atomic E-state index is 13.1. The molecule has 0 heterocycles. The fourth-order valence-corrected chi connectivity index (χ4v) is 3.30. The van der Waals surface area contributed by atoms with Crippen LogP contribution in [0.1, 0.15) is 50.5 Å². The zero-order valence-corrected chi connectivity index (χ0v) is 19.8. The van der Waals surface area contributed by atoms with E-state index in [0.29, 0.717) is 16.8 Å². The third-order valence-corrected chi connectivity index (χ3v) is 5.30. The van der Waals surface area contributed by atoms with Gasteiger partial charge in [-0.3, -0.25) is 30.0 Å². The van der Waals surface area contributed by atoms with Crippen molar-refractivity contribution in [1.29, 1.82) is 0 Å². The van der Waals surface area contributed by atoms with Gasteiger partial charge in [0.15, 0.2) is 0 Å². The predicted molar refractivity (Wildman–Crippen MR) is 134 cm³/mol. The third kappa shape index (κ3) is 6.77. The zero-order chi connectivity index (χ0) is 25.4. The summed E-state index contributed by atoms with van der Waals surface area (Å²) in [6.45, 7) is 5.47. The van der Waals surface area contributed by atoms with Crippen LogP contribution >= 0.6 is 0 Å².